The van der Waals surface area contributed by atoms with Crippen LogP contribution in [0.4, 0.5) is 0 Å². The number of aryl methyl sites for hydroxylation is 1. The number of hydrogen-bond acceptors (Lipinski definition) is 3. The minimum Gasteiger partial charge on any atom is -0.338 e. The monoisotopic (exact) mass is 338 g/mol. The summed E-state index contributed by atoms with van der Waals surface area (Å²) in [6, 6.07) is 7.78. The van der Waals surface area contributed by atoms with Crippen LogP contribution in [0.25, 0.3) is 0 Å². The Labute approximate surface area is 147 Å². The standard InChI is InChI=1S/C20H22N2O3/c1-13-5-4-6-14(9-13)10-18(23)21-11-15(12-21)22-19(24)16-7-2-3-8-17(16)20(22)25/h2-6,9,15-17H,7-8,10-12H2,1H3/t16-,17+. The summed E-state index contributed by atoms with van der Waals surface area (Å²) in [4.78, 5) is 40.7. The van der Waals surface area contributed by atoms with Crippen molar-refractivity contribution in [1.82, 2.24) is 9.80 Å². The quantitative estimate of drug-likeness (QED) is 0.623. The second kappa shape index (κ2) is 6.14. The van der Waals surface area contributed by atoms with Crippen molar-refractivity contribution in [3.05, 3.63) is 47.5 Å². The highest BCUT2D eigenvalue weighted by atomic mass is 16.2. The number of rotatable bonds is 3. The fourth-order valence-corrected chi connectivity index (χ4v) is 4.12. The van der Waals surface area contributed by atoms with Gasteiger partial charge in [0.2, 0.25) is 17.7 Å². The van der Waals surface area contributed by atoms with Gasteiger partial charge in [-0.2, -0.15) is 0 Å². The molecule has 3 aliphatic rings. The second-order valence-electron chi connectivity index (χ2n) is 7.32. The third-order valence-electron chi connectivity index (χ3n) is 5.56. The van der Waals surface area contributed by atoms with Crippen LogP contribution in [-0.4, -0.2) is 46.7 Å². The van der Waals surface area contributed by atoms with E-state index >= 15 is 0 Å². The molecule has 2 atom stereocenters. The van der Waals surface area contributed by atoms with Crippen molar-refractivity contribution in [2.24, 2.45) is 11.8 Å². The van der Waals surface area contributed by atoms with Gasteiger partial charge in [-0.25, -0.2) is 0 Å². The highest BCUT2D eigenvalue weighted by Gasteiger charge is 2.52. The van der Waals surface area contributed by atoms with Gasteiger partial charge in [-0.05, 0) is 25.3 Å². The minimum atomic E-state index is -0.186. The van der Waals surface area contributed by atoms with E-state index in [1.54, 1.807) is 4.90 Å². The predicted molar refractivity (Wildman–Crippen MR) is 92.5 cm³/mol. The Bertz CT molecular complexity index is 738. The zero-order valence-electron chi connectivity index (χ0n) is 14.4. The first-order valence-corrected chi connectivity index (χ1v) is 8.90. The van der Waals surface area contributed by atoms with Gasteiger partial charge >= 0.3 is 0 Å². The number of fused-ring (bicyclic) bond motifs is 1. The van der Waals surface area contributed by atoms with E-state index in [1.165, 1.54) is 4.90 Å². The molecule has 0 radical (unpaired) electrons. The molecule has 3 amide bonds. The number of carbonyl (C=O) groups excluding carboxylic acids is 3. The molecule has 5 heteroatoms. The molecule has 2 fully saturated rings. The van der Waals surface area contributed by atoms with Crippen LogP contribution in [0, 0.1) is 18.8 Å². The molecule has 0 bridgehead atoms. The van der Waals surface area contributed by atoms with Gasteiger partial charge in [0, 0.05) is 13.1 Å². The lowest BCUT2D eigenvalue weighted by Crippen LogP contribution is -2.62. The summed E-state index contributed by atoms with van der Waals surface area (Å²) in [5, 5.41) is 0. The Morgan fingerprint density at radius 2 is 1.72 bits per heavy atom. The van der Waals surface area contributed by atoms with Gasteiger partial charge in [0.1, 0.15) is 0 Å². The van der Waals surface area contributed by atoms with Crippen molar-refractivity contribution >= 4 is 17.7 Å². The van der Waals surface area contributed by atoms with Gasteiger partial charge in [0.05, 0.1) is 24.3 Å². The van der Waals surface area contributed by atoms with Crippen LogP contribution < -0.4 is 0 Å². The van der Waals surface area contributed by atoms with Crippen LogP contribution in [0.5, 0.6) is 0 Å². The Balaban J connectivity index is 1.36. The molecule has 0 spiro atoms. The molecule has 2 aliphatic heterocycles. The van der Waals surface area contributed by atoms with E-state index in [2.05, 4.69) is 0 Å². The Hall–Kier alpha value is -2.43. The van der Waals surface area contributed by atoms with Crippen LogP contribution >= 0.6 is 0 Å². The van der Waals surface area contributed by atoms with Gasteiger partial charge in [-0.15, -0.1) is 0 Å². The van der Waals surface area contributed by atoms with Crippen molar-refractivity contribution in [3.63, 3.8) is 0 Å². The molecule has 1 aromatic carbocycles. The summed E-state index contributed by atoms with van der Waals surface area (Å²) >= 11 is 0. The van der Waals surface area contributed by atoms with Gasteiger partial charge in [0.15, 0.2) is 0 Å². The summed E-state index contributed by atoms with van der Waals surface area (Å²) in [5.74, 6) is -0.408. The fourth-order valence-electron chi connectivity index (χ4n) is 4.12. The number of carbonyl (C=O) groups is 3. The SMILES string of the molecule is Cc1cccc(CC(=O)N2CC(N3C(=O)[C@H]4CC=CC[C@H]4C3=O)C2)c1. The first kappa shape index (κ1) is 16.1. The zero-order valence-corrected chi connectivity index (χ0v) is 14.4. The molecule has 0 saturated carbocycles. The lowest BCUT2D eigenvalue weighted by Gasteiger charge is -2.43. The van der Waals surface area contributed by atoms with Gasteiger partial charge in [-0.3, -0.25) is 19.3 Å². The Morgan fingerprint density at radius 1 is 1.08 bits per heavy atom. The van der Waals surface area contributed by atoms with Crippen molar-refractivity contribution in [3.8, 4) is 0 Å². The predicted octanol–water partition coefficient (Wildman–Crippen LogP) is 1.70. The average Bonchev–Trinajstić information content (AvgIpc) is 2.79. The van der Waals surface area contributed by atoms with E-state index < -0.39 is 0 Å². The Morgan fingerprint density at radius 3 is 2.32 bits per heavy atom. The molecule has 0 N–H and O–H groups in total. The number of hydrogen-bond donors (Lipinski definition) is 0. The van der Waals surface area contributed by atoms with Crippen LogP contribution in [0.2, 0.25) is 0 Å². The summed E-state index contributed by atoms with van der Waals surface area (Å²) in [6.45, 7) is 2.94. The van der Waals surface area contributed by atoms with E-state index in [0.29, 0.717) is 32.4 Å². The topological polar surface area (TPSA) is 57.7 Å². The fraction of sp³-hybridized carbons (Fsp3) is 0.450. The summed E-state index contributed by atoms with van der Waals surface area (Å²) < 4.78 is 0. The summed E-state index contributed by atoms with van der Waals surface area (Å²) in [7, 11) is 0. The number of nitrogens with zero attached hydrogens (tertiary/aromatic N) is 2. The van der Waals surface area contributed by atoms with E-state index in [-0.39, 0.29) is 35.6 Å². The van der Waals surface area contributed by atoms with Crippen LogP contribution in [0.1, 0.15) is 24.0 Å². The molecule has 1 aliphatic carbocycles. The van der Waals surface area contributed by atoms with Crippen LogP contribution in [0.15, 0.2) is 36.4 Å². The number of amides is 3. The molecule has 2 heterocycles. The average molecular weight is 338 g/mol. The maximum absolute atomic E-state index is 12.6. The summed E-state index contributed by atoms with van der Waals surface area (Å²) in [6.07, 6.45) is 5.68. The maximum Gasteiger partial charge on any atom is 0.233 e. The third kappa shape index (κ3) is 2.77. The molecule has 5 nitrogen and oxygen atoms in total. The van der Waals surface area contributed by atoms with Gasteiger partial charge < -0.3 is 4.90 Å². The normalized spacial score (nSPS) is 26.0. The number of benzene rings is 1. The maximum atomic E-state index is 12.6. The molecule has 0 unspecified atom stereocenters. The minimum absolute atomic E-state index is 0.0462. The number of allylic oxidation sites excluding steroid dienone is 2. The van der Waals surface area contributed by atoms with Crippen LogP contribution in [-0.2, 0) is 20.8 Å². The van der Waals surface area contributed by atoms with E-state index in [4.69, 9.17) is 0 Å². The van der Waals surface area contributed by atoms with E-state index in [9.17, 15) is 14.4 Å². The van der Waals surface area contributed by atoms with Crippen molar-refractivity contribution in [2.75, 3.05) is 13.1 Å². The van der Waals surface area contributed by atoms with Gasteiger partial charge in [-0.1, -0.05) is 42.0 Å². The first-order valence-electron chi connectivity index (χ1n) is 8.90. The lowest BCUT2D eigenvalue weighted by molar-refractivity contribution is -0.152. The zero-order chi connectivity index (χ0) is 17.6. The molecule has 1 aromatic rings. The third-order valence-corrected chi connectivity index (χ3v) is 5.56. The second-order valence-corrected chi connectivity index (χ2v) is 7.32. The summed E-state index contributed by atoms with van der Waals surface area (Å²) in [5.41, 5.74) is 2.13. The molecule has 0 aromatic heterocycles. The Kier molecular flexibility index (Phi) is 3.94. The van der Waals surface area contributed by atoms with E-state index in [1.807, 2.05) is 43.3 Å². The van der Waals surface area contributed by atoms with Crippen molar-refractivity contribution in [2.45, 2.75) is 32.2 Å². The molecular formula is C20H22N2O3. The lowest BCUT2D eigenvalue weighted by atomic mass is 9.85. The molecule has 25 heavy (non-hydrogen) atoms. The van der Waals surface area contributed by atoms with Crippen molar-refractivity contribution < 1.29 is 14.4 Å². The highest BCUT2D eigenvalue weighted by Crippen LogP contribution is 2.37. The molecule has 4 rings (SSSR count). The van der Waals surface area contributed by atoms with Crippen LogP contribution in [0.3, 0.4) is 0 Å². The molecular weight excluding hydrogens is 316 g/mol. The van der Waals surface area contributed by atoms with Crippen molar-refractivity contribution in [1.29, 1.82) is 0 Å². The van der Waals surface area contributed by atoms with E-state index in [0.717, 1.165) is 11.1 Å². The first-order chi connectivity index (χ1) is 12.0. The number of imide groups is 1. The molecule has 2 saturated heterocycles. The highest BCUT2D eigenvalue weighted by molar-refractivity contribution is 6.06. The largest absolute Gasteiger partial charge is 0.338 e. The molecule has 130 valence electrons. The van der Waals surface area contributed by atoms with Gasteiger partial charge in [0.25, 0.3) is 0 Å². The smallest absolute Gasteiger partial charge is 0.233 e. The number of likely N-dealkylation sites (tertiary alicyclic amines) is 2.